The van der Waals surface area contributed by atoms with Crippen LogP contribution in [-0.4, -0.2) is 49.0 Å². The Kier molecular flexibility index (Phi) is 5.00. The Labute approximate surface area is 153 Å². The third-order valence-electron chi connectivity index (χ3n) is 4.52. The first-order valence-corrected chi connectivity index (χ1v) is 9.67. The van der Waals surface area contributed by atoms with Crippen molar-refractivity contribution in [2.45, 2.75) is 19.0 Å². The van der Waals surface area contributed by atoms with Gasteiger partial charge in [0.25, 0.3) is 10.2 Å². The number of anilines is 1. The molecule has 26 heavy (non-hydrogen) atoms. The molecule has 0 radical (unpaired) electrons. The number of nitrogens with one attached hydrogen (secondary N) is 1. The molecule has 138 valence electrons. The van der Waals surface area contributed by atoms with Crippen molar-refractivity contribution in [1.82, 2.24) is 18.6 Å². The van der Waals surface area contributed by atoms with Crippen molar-refractivity contribution in [1.29, 1.82) is 5.26 Å². The molecule has 0 spiro atoms. The maximum atomic E-state index is 12.2. The van der Waals surface area contributed by atoms with E-state index in [-0.39, 0.29) is 6.04 Å². The third kappa shape index (κ3) is 3.72. The van der Waals surface area contributed by atoms with Gasteiger partial charge in [0.05, 0.1) is 30.2 Å². The van der Waals surface area contributed by atoms with E-state index in [1.54, 1.807) is 18.6 Å². The van der Waals surface area contributed by atoms with Crippen molar-refractivity contribution in [2.75, 3.05) is 25.5 Å². The van der Waals surface area contributed by atoms with Crippen LogP contribution in [0.15, 0.2) is 30.7 Å². The molecule has 1 aliphatic rings. The van der Waals surface area contributed by atoms with Crippen LogP contribution in [0.1, 0.15) is 16.8 Å². The topological polar surface area (TPSA) is 94.3 Å². The van der Waals surface area contributed by atoms with E-state index in [1.165, 1.54) is 18.4 Å². The molecule has 0 saturated heterocycles. The fourth-order valence-electron chi connectivity index (χ4n) is 3.10. The lowest BCUT2D eigenvalue weighted by Gasteiger charge is -2.36. The number of aromatic nitrogens is 2. The fourth-order valence-corrected chi connectivity index (χ4v) is 3.89. The van der Waals surface area contributed by atoms with E-state index >= 15 is 0 Å². The van der Waals surface area contributed by atoms with Crippen molar-refractivity contribution < 1.29 is 8.42 Å². The number of hydrogen-bond acceptors (Lipinski definition) is 5. The summed E-state index contributed by atoms with van der Waals surface area (Å²) >= 11 is 0. The Balaban J connectivity index is 1.93. The molecule has 2 aromatic rings. The van der Waals surface area contributed by atoms with E-state index in [1.807, 2.05) is 23.7 Å². The van der Waals surface area contributed by atoms with Crippen molar-refractivity contribution in [3.8, 4) is 6.07 Å². The Hall–Kier alpha value is -2.41. The zero-order valence-corrected chi connectivity index (χ0v) is 15.9. The van der Waals surface area contributed by atoms with E-state index in [4.69, 9.17) is 0 Å². The van der Waals surface area contributed by atoms with Crippen molar-refractivity contribution >= 4 is 15.9 Å². The van der Waals surface area contributed by atoms with Crippen LogP contribution in [0.5, 0.6) is 0 Å². The SMILES string of the molecule is CN(C)S(=O)(=O)NC1Cc2cc(C#N)ccc2N(Cc2cncn2C)C1. The molecule has 0 fully saturated rings. The molecule has 3 rings (SSSR count). The summed E-state index contributed by atoms with van der Waals surface area (Å²) in [5.41, 5.74) is 3.58. The maximum Gasteiger partial charge on any atom is 0.279 e. The molecular formula is C17H22N6O2S. The average molecular weight is 374 g/mol. The molecule has 9 heteroatoms. The van der Waals surface area contributed by atoms with Crippen molar-refractivity contribution in [2.24, 2.45) is 7.05 Å². The second kappa shape index (κ2) is 7.07. The van der Waals surface area contributed by atoms with Gasteiger partial charge in [-0.3, -0.25) is 0 Å². The first-order valence-electron chi connectivity index (χ1n) is 8.23. The van der Waals surface area contributed by atoms with Crippen molar-refractivity contribution in [3.63, 3.8) is 0 Å². The van der Waals surface area contributed by atoms with Crippen LogP contribution < -0.4 is 9.62 Å². The van der Waals surface area contributed by atoms with Crippen LogP contribution in [-0.2, 0) is 30.2 Å². The largest absolute Gasteiger partial charge is 0.364 e. The van der Waals surface area contributed by atoms with Crippen LogP contribution in [0.4, 0.5) is 5.69 Å². The lowest BCUT2D eigenvalue weighted by atomic mass is 9.96. The van der Waals surface area contributed by atoms with Gasteiger partial charge in [-0.2, -0.15) is 22.7 Å². The van der Waals surface area contributed by atoms with Gasteiger partial charge in [-0.25, -0.2) is 4.98 Å². The summed E-state index contributed by atoms with van der Waals surface area (Å²) in [6.45, 7) is 1.15. The molecule has 0 aliphatic carbocycles. The summed E-state index contributed by atoms with van der Waals surface area (Å²) < 4.78 is 30.3. The number of imidazole rings is 1. The first-order chi connectivity index (χ1) is 12.3. The van der Waals surface area contributed by atoms with Gasteiger partial charge in [-0.05, 0) is 30.2 Å². The first kappa shape index (κ1) is 18.4. The van der Waals surface area contributed by atoms with E-state index in [2.05, 4.69) is 20.7 Å². The summed E-state index contributed by atoms with van der Waals surface area (Å²) in [6.07, 6.45) is 4.09. The summed E-state index contributed by atoms with van der Waals surface area (Å²) in [7, 11) is 1.39. The van der Waals surface area contributed by atoms with Gasteiger partial charge in [0.15, 0.2) is 0 Å². The van der Waals surface area contributed by atoms with Crippen LogP contribution >= 0.6 is 0 Å². The Morgan fingerprint density at radius 2 is 2.19 bits per heavy atom. The highest BCUT2D eigenvalue weighted by Gasteiger charge is 2.29. The summed E-state index contributed by atoms with van der Waals surface area (Å²) in [5, 5.41) is 9.18. The van der Waals surface area contributed by atoms with Crippen LogP contribution in [0.2, 0.25) is 0 Å². The van der Waals surface area contributed by atoms with Gasteiger partial charge in [-0.15, -0.1) is 0 Å². The normalized spacial score (nSPS) is 17.2. The molecule has 2 heterocycles. The number of fused-ring (bicyclic) bond motifs is 1. The Morgan fingerprint density at radius 3 is 2.81 bits per heavy atom. The standard InChI is InChI=1S/C17H22N6O2S/c1-21(2)26(24,25)20-15-7-14-6-13(8-18)4-5-17(14)23(10-15)11-16-9-19-12-22(16)3/h4-6,9,12,15,20H,7,10-11H2,1-3H3. The Bertz CT molecular complexity index is 944. The molecule has 0 saturated carbocycles. The van der Waals surface area contributed by atoms with Gasteiger partial charge in [-0.1, -0.05) is 0 Å². The van der Waals surface area contributed by atoms with E-state index < -0.39 is 10.2 Å². The average Bonchev–Trinajstić information content (AvgIpc) is 2.98. The van der Waals surface area contributed by atoms with Crippen LogP contribution in [0.3, 0.4) is 0 Å². The smallest absolute Gasteiger partial charge is 0.279 e. The van der Waals surface area contributed by atoms with E-state index in [0.29, 0.717) is 25.1 Å². The molecule has 0 amide bonds. The molecule has 8 nitrogen and oxygen atoms in total. The van der Waals surface area contributed by atoms with Gasteiger partial charge in [0.1, 0.15) is 0 Å². The van der Waals surface area contributed by atoms with Crippen LogP contribution in [0, 0.1) is 11.3 Å². The molecule has 1 aliphatic heterocycles. The van der Waals surface area contributed by atoms with Crippen molar-refractivity contribution in [3.05, 3.63) is 47.5 Å². The molecule has 1 unspecified atom stereocenters. The van der Waals surface area contributed by atoms with E-state index in [0.717, 1.165) is 16.9 Å². The highest BCUT2D eigenvalue weighted by molar-refractivity contribution is 7.87. The number of nitrogens with zero attached hydrogens (tertiary/aromatic N) is 5. The lowest BCUT2D eigenvalue weighted by molar-refractivity contribution is 0.474. The lowest BCUT2D eigenvalue weighted by Crippen LogP contribution is -2.50. The van der Waals surface area contributed by atoms with Gasteiger partial charge in [0.2, 0.25) is 0 Å². The molecule has 1 aromatic carbocycles. The number of benzene rings is 1. The Morgan fingerprint density at radius 1 is 1.42 bits per heavy atom. The summed E-state index contributed by atoms with van der Waals surface area (Å²) in [5.74, 6) is 0. The zero-order chi connectivity index (χ0) is 18.9. The fraction of sp³-hybridized carbons (Fsp3) is 0.412. The summed E-state index contributed by atoms with van der Waals surface area (Å²) in [6, 6.07) is 7.43. The second-order valence-electron chi connectivity index (χ2n) is 6.64. The number of aryl methyl sites for hydroxylation is 1. The molecule has 1 atom stereocenters. The monoisotopic (exact) mass is 374 g/mol. The number of hydrogen-bond donors (Lipinski definition) is 1. The molecular weight excluding hydrogens is 352 g/mol. The highest BCUT2D eigenvalue weighted by atomic mass is 32.2. The van der Waals surface area contributed by atoms with Gasteiger partial charge in [0, 0.05) is 45.6 Å². The van der Waals surface area contributed by atoms with Gasteiger partial charge < -0.3 is 9.47 Å². The summed E-state index contributed by atoms with van der Waals surface area (Å²) in [4.78, 5) is 6.27. The second-order valence-corrected chi connectivity index (χ2v) is 8.55. The minimum atomic E-state index is -3.54. The predicted molar refractivity (Wildman–Crippen MR) is 98.6 cm³/mol. The molecule has 1 aromatic heterocycles. The minimum absolute atomic E-state index is 0.280. The molecule has 0 bridgehead atoms. The zero-order valence-electron chi connectivity index (χ0n) is 15.0. The van der Waals surface area contributed by atoms with E-state index in [9.17, 15) is 13.7 Å². The number of nitriles is 1. The maximum absolute atomic E-state index is 12.2. The number of rotatable bonds is 5. The highest BCUT2D eigenvalue weighted by Crippen LogP contribution is 2.29. The predicted octanol–water partition coefficient (Wildman–Crippen LogP) is 0.619. The quantitative estimate of drug-likeness (QED) is 0.828. The van der Waals surface area contributed by atoms with Gasteiger partial charge >= 0.3 is 0 Å². The third-order valence-corrected chi connectivity index (χ3v) is 6.11. The molecule has 1 N–H and O–H groups in total. The van der Waals surface area contributed by atoms with Crippen LogP contribution in [0.25, 0.3) is 0 Å². The minimum Gasteiger partial charge on any atom is -0.364 e.